The molecule has 0 radical (unpaired) electrons. The quantitative estimate of drug-likeness (QED) is 0.145. The Bertz CT molecular complexity index is 2940. The van der Waals surface area contributed by atoms with Crippen molar-refractivity contribution in [1.82, 2.24) is 0 Å². The van der Waals surface area contributed by atoms with Crippen molar-refractivity contribution in [2.24, 2.45) is 0 Å². The topological polar surface area (TPSA) is 6.48 Å². The minimum absolute atomic E-state index is 1.09. The number of para-hydroxylation sites is 1. The van der Waals surface area contributed by atoms with Crippen molar-refractivity contribution in [3.63, 3.8) is 0 Å². The van der Waals surface area contributed by atoms with Gasteiger partial charge < -0.3 is 9.80 Å². The van der Waals surface area contributed by atoms with Gasteiger partial charge in [-0.1, -0.05) is 176 Å². The summed E-state index contributed by atoms with van der Waals surface area (Å²) in [7, 11) is 0. The molecule has 0 spiro atoms. The Morgan fingerprint density at radius 3 is 1.12 bits per heavy atom. The summed E-state index contributed by atoms with van der Waals surface area (Å²) in [6.07, 6.45) is 0. The summed E-state index contributed by atoms with van der Waals surface area (Å²) in [4.78, 5) is 4.69. The molecule has 2 nitrogen and oxygen atoms in total. The highest BCUT2D eigenvalue weighted by atomic mass is 15.1. The van der Waals surface area contributed by atoms with Gasteiger partial charge in [-0.2, -0.15) is 0 Å². The van der Waals surface area contributed by atoms with Gasteiger partial charge in [0.05, 0.1) is 5.69 Å². The SMILES string of the molecule is c1ccc(-c2ccc(N(c3ccc(-c4ccc(N(c5ccccc5)c5cccc6ccccc56)cc4)cc3)c3ccc(-c4cccc5ccccc45)cc3)cc2)cc1. The predicted octanol–water partition coefficient (Wildman–Crippen LogP) is 15.9. The Morgan fingerprint density at radius 2 is 0.569 bits per heavy atom. The fourth-order valence-electron chi connectivity index (χ4n) is 8.16. The van der Waals surface area contributed by atoms with Gasteiger partial charge >= 0.3 is 0 Å². The lowest BCUT2D eigenvalue weighted by Crippen LogP contribution is -2.10. The molecule has 0 aliphatic carbocycles. The molecule has 0 saturated carbocycles. The van der Waals surface area contributed by atoms with Crippen LogP contribution in [-0.2, 0) is 0 Å². The first-order valence-corrected chi connectivity index (χ1v) is 19.8. The molecule has 274 valence electrons. The van der Waals surface area contributed by atoms with Crippen molar-refractivity contribution in [2.45, 2.75) is 0 Å². The Kier molecular flexibility index (Phi) is 9.27. The van der Waals surface area contributed by atoms with Crippen LogP contribution in [0.1, 0.15) is 0 Å². The second kappa shape index (κ2) is 15.5. The molecular formula is C56H40N2. The van der Waals surface area contributed by atoms with E-state index < -0.39 is 0 Å². The molecule has 0 heterocycles. The van der Waals surface area contributed by atoms with Gasteiger partial charge in [-0.15, -0.1) is 0 Å². The third kappa shape index (κ3) is 6.78. The molecule has 58 heavy (non-hydrogen) atoms. The molecule has 0 atom stereocenters. The molecule has 0 unspecified atom stereocenters. The van der Waals surface area contributed by atoms with Crippen LogP contribution in [0.15, 0.2) is 243 Å². The Morgan fingerprint density at radius 1 is 0.207 bits per heavy atom. The van der Waals surface area contributed by atoms with Crippen LogP contribution in [0.2, 0.25) is 0 Å². The number of hydrogen-bond acceptors (Lipinski definition) is 2. The van der Waals surface area contributed by atoms with E-state index in [1.54, 1.807) is 0 Å². The molecule has 10 aromatic rings. The fraction of sp³-hybridized carbons (Fsp3) is 0. The summed E-state index contributed by atoms with van der Waals surface area (Å²) in [5.41, 5.74) is 13.9. The highest BCUT2D eigenvalue weighted by Crippen LogP contribution is 2.41. The molecule has 0 amide bonds. The zero-order valence-electron chi connectivity index (χ0n) is 32.0. The number of anilines is 6. The van der Waals surface area contributed by atoms with Crippen LogP contribution in [0, 0.1) is 0 Å². The van der Waals surface area contributed by atoms with Crippen molar-refractivity contribution in [3.8, 4) is 33.4 Å². The minimum Gasteiger partial charge on any atom is -0.311 e. The predicted molar refractivity (Wildman–Crippen MR) is 247 cm³/mol. The van der Waals surface area contributed by atoms with Gasteiger partial charge in [0.2, 0.25) is 0 Å². The van der Waals surface area contributed by atoms with Crippen LogP contribution < -0.4 is 9.80 Å². The summed E-state index contributed by atoms with van der Waals surface area (Å²) in [6.45, 7) is 0. The maximum absolute atomic E-state index is 2.35. The van der Waals surface area contributed by atoms with Crippen molar-refractivity contribution in [3.05, 3.63) is 243 Å². The van der Waals surface area contributed by atoms with E-state index >= 15 is 0 Å². The van der Waals surface area contributed by atoms with Gasteiger partial charge in [0.25, 0.3) is 0 Å². The van der Waals surface area contributed by atoms with Crippen molar-refractivity contribution in [2.75, 3.05) is 9.80 Å². The van der Waals surface area contributed by atoms with E-state index in [1.165, 1.54) is 49.4 Å². The molecule has 0 aliphatic heterocycles. The van der Waals surface area contributed by atoms with E-state index in [9.17, 15) is 0 Å². The summed E-state index contributed by atoms with van der Waals surface area (Å²) in [6, 6.07) is 87.2. The molecule has 0 aliphatic rings. The van der Waals surface area contributed by atoms with Crippen LogP contribution in [0.5, 0.6) is 0 Å². The molecular weight excluding hydrogens is 701 g/mol. The average Bonchev–Trinajstić information content (AvgIpc) is 3.31. The van der Waals surface area contributed by atoms with E-state index in [-0.39, 0.29) is 0 Å². The second-order valence-electron chi connectivity index (χ2n) is 14.6. The number of hydrogen-bond donors (Lipinski definition) is 0. The average molecular weight is 741 g/mol. The maximum Gasteiger partial charge on any atom is 0.0540 e. The smallest absolute Gasteiger partial charge is 0.0540 e. The molecule has 0 fully saturated rings. The molecule has 10 rings (SSSR count). The standard InChI is InChI=1S/C56H40N2/c1-3-13-41(14-4-1)42-25-33-49(34-26-42)57(51-39-31-47(32-40-51)54-23-11-17-45-15-7-9-21-53(45)54)50-35-27-43(28-36-50)44-29-37-52(38-30-44)58(48-19-5-2-6-20-48)56-24-12-18-46-16-8-10-22-55(46)56/h1-40H. The summed E-state index contributed by atoms with van der Waals surface area (Å²) >= 11 is 0. The number of nitrogens with zero attached hydrogens (tertiary/aromatic N) is 2. The van der Waals surface area contributed by atoms with Gasteiger partial charge in [0.1, 0.15) is 0 Å². The molecule has 0 aromatic heterocycles. The Labute approximate surface area is 340 Å². The number of benzene rings is 10. The highest BCUT2D eigenvalue weighted by Gasteiger charge is 2.17. The lowest BCUT2D eigenvalue weighted by Gasteiger charge is -2.27. The monoisotopic (exact) mass is 740 g/mol. The normalized spacial score (nSPS) is 11.1. The van der Waals surface area contributed by atoms with Crippen molar-refractivity contribution >= 4 is 55.7 Å². The highest BCUT2D eigenvalue weighted by molar-refractivity contribution is 5.99. The lowest BCUT2D eigenvalue weighted by atomic mass is 9.98. The Hall–Kier alpha value is -7.68. The van der Waals surface area contributed by atoms with Gasteiger partial charge in [0.15, 0.2) is 0 Å². The third-order valence-electron chi connectivity index (χ3n) is 11.1. The van der Waals surface area contributed by atoms with E-state index in [4.69, 9.17) is 0 Å². The summed E-state index contributed by atoms with van der Waals surface area (Å²) < 4.78 is 0. The van der Waals surface area contributed by atoms with E-state index in [1.807, 2.05) is 0 Å². The molecule has 0 bridgehead atoms. The van der Waals surface area contributed by atoms with Crippen molar-refractivity contribution < 1.29 is 0 Å². The first-order valence-electron chi connectivity index (χ1n) is 19.8. The van der Waals surface area contributed by atoms with Crippen LogP contribution in [-0.4, -0.2) is 0 Å². The largest absolute Gasteiger partial charge is 0.311 e. The van der Waals surface area contributed by atoms with Crippen molar-refractivity contribution in [1.29, 1.82) is 0 Å². The summed E-state index contributed by atoms with van der Waals surface area (Å²) in [5, 5.41) is 4.95. The third-order valence-corrected chi connectivity index (χ3v) is 11.1. The summed E-state index contributed by atoms with van der Waals surface area (Å²) in [5.74, 6) is 0. The lowest BCUT2D eigenvalue weighted by molar-refractivity contribution is 1.28. The molecule has 10 aromatic carbocycles. The van der Waals surface area contributed by atoms with Crippen LogP contribution in [0.4, 0.5) is 34.1 Å². The van der Waals surface area contributed by atoms with Gasteiger partial charge in [-0.3, -0.25) is 0 Å². The number of fused-ring (bicyclic) bond motifs is 2. The first-order chi connectivity index (χ1) is 28.8. The maximum atomic E-state index is 2.35. The van der Waals surface area contributed by atoms with E-state index in [0.29, 0.717) is 0 Å². The Balaban J connectivity index is 0.990. The zero-order valence-corrected chi connectivity index (χ0v) is 32.0. The fourth-order valence-corrected chi connectivity index (χ4v) is 8.16. The van der Waals surface area contributed by atoms with E-state index in [0.717, 1.165) is 39.7 Å². The van der Waals surface area contributed by atoms with Crippen LogP contribution >= 0.6 is 0 Å². The second-order valence-corrected chi connectivity index (χ2v) is 14.6. The van der Waals surface area contributed by atoms with Gasteiger partial charge in [-0.25, -0.2) is 0 Å². The van der Waals surface area contributed by atoms with Crippen LogP contribution in [0.3, 0.4) is 0 Å². The molecule has 0 N–H and O–H groups in total. The van der Waals surface area contributed by atoms with E-state index in [2.05, 4.69) is 252 Å². The zero-order chi connectivity index (χ0) is 38.7. The minimum atomic E-state index is 1.09. The first kappa shape index (κ1) is 34.8. The van der Waals surface area contributed by atoms with Crippen LogP contribution in [0.25, 0.3) is 54.9 Å². The molecule has 0 saturated heterocycles. The molecule has 2 heteroatoms. The van der Waals surface area contributed by atoms with Gasteiger partial charge in [-0.05, 0) is 116 Å². The van der Waals surface area contributed by atoms with Gasteiger partial charge in [0, 0.05) is 33.8 Å². The number of rotatable bonds is 9.